The second kappa shape index (κ2) is 6.55. The van der Waals surface area contributed by atoms with Crippen molar-refractivity contribution in [1.29, 1.82) is 0 Å². The molecule has 1 aromatic rings. The molecule has 126 valence electrons. The van der Waals surface area contributed by atoms with Crippen LogP contribution in [0.5, 0.6) is 0 Å². The van der Waals surface area contributed by atoms with Crippen LogP contribution in [0, 0.1) is 10.1 Å². The summed E-state index contributed by atoms with van der Waals surface area (Å²) in [6.45, 7) is 1.09. The molecule has 12 heteroatoms. The Kier molecular flexibility index (Phi) is 4.71. The molecule has 0 unspecified atom stereocenters. The van der Waals surface area contributed by atoms with Crippen molar-refractivity contribution in [3.05, 3.63) is 50.8 Å². The number of primary sulfonamides is 1. The van der Waals surface area contributed by atoms with E-state index in [2.05, 4.69) is 15.3 Å². The fraction of sp³-hybridized carbons (Fsp3) is 0.0833. The van der Waals surface area contributed by atoms with Crippen molar-refractivity contribution in [2.45, 2.75) is 6.92 Å². The van der Waals surface area contributed by atoms with Gasteiger partial charge in [-0.15, -0.1) is 0 Å². The molecule has 1 aliphatic heterocycles. The Labute approximate surface area is 134 Å². The third-order valence-corrected chi connectivity index (χ3v) is 3.58. The van der Waals surface area contributed by atoms with Crippen LogP contribution in [-0.2, 0) is 14.8 Å². The van der Waals surface area contributed by atoms with Crippen molar-refractivity contribution in [2.24, 2.45) is 15.1 Å². The number of amides is 1. The first-order valence-electron chi connectivity index (χ1n) is 6.25. The molecule has 0 saturated carbocycles. The number of hydrogen-bond donors (Lipinski definition) is 2. The van der Waals surface area contributed by atoms with Gasteiger partial charge in [0.05, 0.1) is 22.6 Å². The molecule has 3 N–H and O–H groups in total. The molecule has 0 fully saturated rings. The first kappa shape index (κ1) is 17.2. The van der Waals surface area contributed by atoms with Gasteiger partial charge in [0.1, 0.15) is 11.1 Å². The molecule has 0 spiro atoms. The van der Waals surface area contributed by atoms with Crippen LogP contribution in [0.25, 0.3) is 10.7 Å². The van der Waals surface area contributed by atoms with Gasteiger partial charge in [-0.2, -0.15) is 0 Å². The molecular weight excluding hydrogens is 342 g/mol. The van der Waals surface area contributed by atoms with Crippen molar-refractivity contribution < 1.29 is 22.6 Å². The number of aliphatic imine (C=N–C) groups is 1. The Hall–Kier alpha value is -3.12. The predicted octanol–water partition coefficient (Wildman–Crippen LogP) is -2.39. The van der Waals surface area contributed by atoms with Crippen LogP contribution in [0.4, 0.5) is 0 Å². The van der Waals surface area contributed by atoms with Crippen LogP contribution >= 0.6 is 0 Å². The Morgan fingerprint density at radius 1 is 1.50 bits per heavy atom. The molecule has 0 saturated heterocycles. The lowest BCUT2D eigenvalue weighted by Crippen LogP contribution is -2.46. The van der Waals surface area contributed by atoms with Crippen molar-refractivity contribution in [1.82, 2.24) is 5.32 Å². The summed E-state index contributed by atoms with van der Waals surface area (Å²) in [5.74, 6) is -0.722. The molecule has 0 radical (unpaired) electrons. The fourth-order valence-corrected chi connectivity index (χ4v) is 2.54. The summed E-state index contributed by atoms with van der Waals surface area (Å²) in [6.07, 6.45) is 5.19. The van der Waals surface area contributed by atoms with Crippen LogP contribution in [0.3, 0.4) is 0 Å². The van der Waals surface area contributed by atoms with E-state index in [-0.39, 0.29) is 16.5 Å². The minimum absolute atomic E-state index is 0.112. The van der Waals surface area contributed by atoms with E-state index in [1.165, 1.54) is 18.6 Å². The standard InChI is InChI=1S/C12H11N5O6S/c1-7(18)16-10-8(12(17(19)20)24(13,21)22)2-5-23-11(10)9-6-14-3-4-15-9/h2-6,15H,1H3,(H2,13,21,22). The molecule has 1 aliphatic rings. The maximum Gasteiger partial charge on any atom is 0.383 e. The average molecular weight is 353 g/mol. The minimum atomic E-state index is -4.70. The summed E-state index contributed by atoms with van der Waals surface area (Å²) in [6, 6.07) is 0.990. The zero-order chi connectivity index (χ0) is 17.9. The number of nitrogens with one attached hydrogen (secondary N) is 1. The van der Waals surface area contributed by atoms with E-state index in [1.54, 1.807) is 0 Å². The molecule has 1 aromatic heterocycles. The highest BCUT2D eigenvalue weighted by Gasteiger charge is 2.27. The summed E-state index contributed by atoms with van der Waals surface area (Å²) in [7, 11) is -4.70. The number of sulfonamides is 1. The molecule has 11 nitrogen and oxygen atoms in total. The third kappa shape index (κ3) is 3.61. The molecule has 1 amide bonds. The van der Waals surface area contributed by atoms with Gasteiger partial charge in [-0.3, -0.25) is 19.9 Å². The topological polar surface area (TPSA) is 170 Å². The second-order valence-electron chi connectivity index (χ2n) is 4.40. The zero-order valence-corrected chi connectivity index (χ0v) is 13.0. The van der Waals surface area contributed by atoms with Crippen molar-refractivity contribution in [2.75, 3.05) is 0 Å². The van der Waals surface area contributed by atoms with E-state index in [0.29, 0.717) is 0 Å². The van der Waals surface area contributed by atoms with E-state index < -0.39 is 31.1 Å². The van der Waals surface area contributed by atoms with Gasteiger partial charge in [0.25, 0.3) is 0 Å². The lowest BCUT2D eigenvalue weighted by Gasteiger charge is -2.04. The maximum absolute atomic E-state index is 11.6. The van der Waals surface area contributed by atoms with Gasteiger partial charge in [-0.25, -0.2) is 18.5 Å². The van der Waals surface area contributed by atoms with Crippen LogP contribution in [0.2, 0.25) is 0 Å². The SMILES string of the molecule is CC(=O)N=c1c(=C([N+](=O)[O-])S(N)(=O)=O)ccoc1=C1C=NC=CN1. The Morgan fingerprint density at radius 2 is 2.21 bits per heavy atom. The third-order valence-electron chi connectivity index (χ3n) is 2.67. The predicted molar refractivity (Wildman–Crippen MR) is 81.9 cm³/mol. The van der Waals surface area contributed by atoms with E-state index >= 15 is 0 Å². The van der Waals surface area contributed by atoms with Crippen LogP contribution < -0.4 is 26.4 Å². The normalized spacial score (nSPS) is 18.2. The van der Waals surface area contributed by atoms with Gasteiger partial charge in [-0.1, -0.05) is 0 Å². The largest absolute Gasteiger partial charge is 0.460 e. The Morgan fingerprint density at radius 3 is 2.71 bits per heavy atom. The molecule has 24 heavy (non-hydrogen) atoms. The second-order valence-corrected chi connectivity index (χ2v) is 5.88. The number of nitrogens with zero attached hydrogens (tertiary/aromatic N) is 3. The Balaban J connectivity index is 3.18. The lowest BCUT2D eigenvalue weighted by molar-refractivity contribution is -0.370. The van der Waals surface area contributed by atoms with E-state index in [0.717, 1.165) is 19.3 Å². The van der Waals surface area contributed by atoms with Gasteiger partial charge in [0.2, 0.25) is 5.91 Å². The van der Waals surface area contributed by atoms with Gasteiger partial charge < -0.3 is 9.73 Å². The molecular formula is C12H11N5O6S. The highest BCUT2D eigenvalue weighted by Crippen LogP contribution is 2.00. The van der Waals surface area contributed by atoms with Gasteiger partial charge in [-0.05, 0) is 6.07 Å². The highest BCUT2D eigenvalue weighted by molar-refractivity contribution is 7.97. The summed E-state index contributed by atoms with van der Waals surface area (Å²) in [5, 5.41) is 16.7. The van der Waals surface area contributed by atoms with Gasteiger partial charge in [0, 0.05) is 19.3 Å². The van der Waals surface area contributed by atoms with Crippen LogP contribution in [0.15, 0.2) is 39.1 Å². The first-order valence-corrected chi connectivity index (χ1v) is 7.80. The smallest absolute Gasteiger partial charge is 0.383 e. The number of nitro groups is 1. The minimum Gasteiger partial charge on any atom is -0.460 e. The van der Waals surface area contributed by atoms with Gasteiger partial charge in [0.15, 0.2) is 5.42 Å². The molecule has 2 rings (SSSR count). The summed E-state index contributed by atoms with van der Waals surface area (Å²) < 4.78 is 28.4. The van der Waals surface area contributed by atoms with E-state index in [1.807, 2.05) is 0 Å². The van der Waals surface area contributed by atoms with Crippen molar-refractivity contribution in [3.8, 4) is 0 Å². The molecule has 0 aromatic carbocycles. The Bertz CT molecular complexity index is 1060. The molecule has 0 atom stereocenters. The number of carbonyl (C=O) groups excluding carboxylic acids is 1. The maximum atomic E-state index is 11.6. The van der Waals surface area contributed by atoms with Crippen molar-refractivity contribution in [3.63, 3.8) is 0 Å². The molecule has 0 bridgehead atoms. The van der Waals surface area contributed by atoms with Crippen LogP contribution in [-0.4, -0.2) is 25.5 Å². The lowest BCUT2D eigenvalue weighted by atomic mass is 10.3. The number of nitrogens with two attached hydrogens (primary N) is 1. The monoisotopic (exact) mass is 353 g/mol. The van der Waals surface area contributed by atoms with Crippen molar-refractivity contribution >= 4 is 32.9 Å². The van der Waals surface area contributed by atoms with Gasteiger partial charge >= 0.3 is 15.1 Å². The summed E-state index contributed by atoms with van der Waals surface area (Å²) in [5.41, 5.74) is 0.107. The van der Waals surface area contributed by atoms with E-state index in [9.17, 15) is 23.3 Å². The molecule has 2 heterocycles. The van der Waals surface area contributed by atoms with Crippen LogP contribution in [0.1, 0.15) is 6.92 Å². The van der Waals surface area contributed by atoms with E-state index in [4.69, 9.17) is 9.56 Å². The zero-order valence-electron chi connectivity index (χ0n) is 12.2. The average Bonchev–Trinajstić information content (AvgIpc) is 2.47. The number of carbonyl (C=O) groups is 1. The summed E-state index contributed by atoms with van der Waals surface area (Å²) in [4.78, 5) is 28.9. The first-order chi connectivity index (χ1) is 11.2. The summed E-state index contributed by atoms with van der Waals surface area (Å²) >= 11 is 0. The number of rotatable bonds is 2. The highest BCUT2D eigenvalue weighted by atomic mass is 32.2. The molecule has 0 aliphatic carbocycles. The quantitative estimate of drug-likeness (QED) is 0.441. The fourth-order valence-electron chi connectivity index (χ4n) is 1.86. The number of hydrogen-bond acceptors (Lipinski definition) is 8.